The van der Waals surface area contributed by atoms with Crippen molar-refractivity contribution >= 4 is 28.3 Å². The van der Waals surface area contributed by atoms with Gasteiger partial charge in [0.05, 0.1) is 5.69 Å². The minimum absolute atomic E-state index is 0.0798. The zero-order chi connectivity index (χ0) is 9.30. The first kappa shape index (κ1) is 9.63. The number of anilines is 1. The topological polar surface area (TPSA) is 38.9 Å². The van der Waals surface area contributed by atoms with Gasteiger partial charge in [0.2, 0.25) is 0 Å². The van der Waals surface area contributed by atoms with Crippen LogP contribution in [0.15, 0.2) is 6.07 Å². The Morgan fingerprint density at radius 2 is 2.17 bits per heavy atom. The van der Waals surface area contributed by atoms with Crippen molar-refractivity contribution in [2.45, 2.75) is 13.3 Å². The molecule has 0 aliphatic carbocycles. The zero-order valence-electron chi connectivity index (χ0n) is 6.31. The zero-order valence-corrected chi connectivity index (χ0v) is 8.47. The molecule has 0 saturated heterocycles. The van der Waals surface area contributed by atoms with E-state index in [0.717, 1.165) is 0 Å². The molecule has 0 aliphatic heterocycles. The SMILES string of the molecule is Cc1cc(I)c(N)c(C(F)F)n1. The molecule has 1 rings (SSSR count). The van der Waals surface area contributed by atoms with Crippen LogP contribution in [0.25, 0.3) is 0 Å². The molecule has 0 atom stereocenters. The Labute approximate surface area is 82.3 Å². The van der Waals surface area contributed by atoms with Gasteiger partial charge in [-0.2, -0.15) is 0 Å². The predicted octanol–water partition coefficient (Wildman–Crippen LogP) is 2.51. The van der Waals surface area contributed by atoms with Gasteiger partial charge in [-0.1, -0.05) is 0 Å². The first-order valence-electron chi connectivity index (χ1n) is 3.23. The molecule has 2 N–H and O–H groups in total. The molecule has 12 heavy (non-hydrogen) atoms. The number of aryl methyl sites for hydroxylation is 1. The maximum Gasteiger partial charge on any atom is 0.282 e. The molecule has 0 fully saturated rings. The van der Waals surface area contributed by atoms with Crippen molar-refractivity contribution < 1.29 is 8.78 Å². The van der Waals surface area contributed by atoms with Crippen molar-refractivity contribution in [2.75, 3.05) is 5.73 Å². The van der Waals surface area contributed by atoms with Crippen LogP contribution in [0.5, 0.6) is 0 Å². The molecule has 5 heteroatoms. The van der Waals surface area contributed by atoms with E-state index in [1.54, 1.807) is 13.0 Å². The molecule has 66 valence electrons. The highest BCUT2D eigenvalue weighted by atomic mass is 127. The number of alkyl halides is 2. The number of rotatable bonds is 1. The fourth-order valence-electron chi connectivity index (χ4n) is 0.832. The number of nitrogens with zero attached hydrogens (tertiary/aromatic N) is 1. The number of halogens is 3. The average Bonchev–Trinajstić information content (AvgIpc) is 1.96. The summed E-state index contributed by atoms with van der Waals surface area (Å²) < 4.78 is 25.1. The van der Waals surface area contributed by atoms with E-state index in [0.29, 0.717) is 9.26 Å². The largest absolute Gasteiger partial charge is 0.396 e. The maximum absolute atomic E-state index is 12.2. The van der Waals surface area contributed by atoms with Crippen molar-refractivity contribution in [1.29, 1.82) is 0 Å². The molecule has 0 bridgehead atoms. The fourth-order valence-corrected chi connectivity index (χ4v) is 1.56. The number of nitrogen functional groups attached to an aromatic ring is 1. The lowest BCUT2D eigenvalue weighted by atomic mass is 10.3. The van der Waals surface area contributed by atoms with E-state index < -0.39 is 6.43 Å². The number of hydrogen-bond acceptors (Lipinski definition) is 2. The third kappa shape index (κ3) is 1.82. The highest BCUT2D eigenvalue weighted by Gasteiger charge is 2.15. The summed E-state index contributed by atoms with van der Waals surface area (Å²) in [6.45, 7) is 1.66. The molecular formula is C7H7F2IN2. The van der Waals surface area contributed by atoms with Gasteiger partial charge in [0.1, 0.15) is 5.69 Å². The van der Waals surface area contributed by atoms with Gasteiger partial charge in [0, 0.05) is 9.26 Å². The van der Waals surface area contributed by atoms with Crippen LogP contribution in [-0.4, -0.2) is 4.98 Å². The molecule has 0 aromatic carbocycles. The van der Waals surface area contributed by atoms with Crippen LogP contribution in [0.3, 0.4) is 0 Å². The lowest BCUT2D eigenvalue weighted by Crippen LogP contribution is -2.02. The summed E-state index contributed by atoms with van der Waals surface area (Å²) in [6.07, 6.45) is -2.60. The Morgan fingerprint density at radius 1 is 1.58 bits per heavy atom. The lowest BCUT2D eigenvalue weighted by Gasteiger charge is -2.06. The van der Waals surface area contributed by atoms with Crippen molar-refractivity contribution in [1.82, 2.24) is 4.98 Å². The van der Waals surface area contributed by atoms with Gasteiger partial charge in [-0.15, -0.1) is 0 Å². The van der Waals surface area contributed by atoms with E-state index in [2.05, 4.69) is 4.98 Å². The number of hydrogen-bond donors (Lipinski definition) is 1. The van der Waals surface area contributed by atoms with Gasteiger partial charge in [0.25, 0.3) is 6.43 Å². The Kier molecular flexibility index (Phi) is 2.81. The monoisotopic (exact) mass is 284 g/mol. The summed E-state index contributed by atoms with van der Waals surface area (Å²) in [5.41, 5.74) is 5.72. The second-order valence-electron chi connectivity index (χ2n) is 2.35. The Bertz CT molecular complexity index is 302. The van der Waals surface area contributed by atoms with Crippen molar-refractivity contribution in [3.05, 3.63) is 21.0 Å². The molecular weight excluding hydrogens is 277 g/mol. The molecule has 0 spiro atoms. The second-order valence-corrected chi connectivity index (χ2v) is 3.51. The maximum atomic E-state index is 12.2. The first-order chi connectivity index (χ1) is 5.52. The van der Waals surface area contributed by atoms with E-state index in [4.69, 9.17) is 5.73 Å². The minimum atomic E-state index is -2.60. The molecule has 1 heterocycles. The molecule has 0 saturated carbocycles. The Hall–Kier alpha value is -0.460. The summed E-state index contributed by atoms with van der Waals surface area (Å²) in [6, 6.07) is 1.67. The average molecular weight is 284 g/mol. The second kappa shape index (κ2) is 3.51. The normalized spacial score (nSPS) is 10.8. The molecule has 0 aliphatic rings. The molecule has 2 nitrogen and oxygen atoms in total. The molecule has 1 aromatic rings. The summed E-state index contributed by atoms with van der Waals surface area (Å²) in [7, 11) is 0. The van der Waals surface area contributed by atoms with Gasteiger partial charge in [-0.25, -0.2) is 13.8 Å². The highest BCUT2D eigenvalue weighted by molar-refractivity contribution is 14.1. The van der Waals surface area contributed by atoms with Crippen molar-refractivity contribution in [3.63, 3.8) is 0 Å². The third-order valence-corrected chi connectivity index (χ3v) is 2.26. The summed E-state index contributed by atoms with van der Waals surface area (Å²) in [4.78, 5) is 3.65. The predicted molar refractivity (Wildman–Crippen MR) is 51.1 cm³/mol. The molecule has 0 amide bonds. The molecule has 0 radical (unpaired) electrons. The van der Waals surface area contributed by atoms with Crippen LogP contribution >= 0.6 is 22.6 Å². The van der Waals surface area contributed by atoms with Gasteiger partial charge < -0.3 is 5.73 Å². The quantitative estimate of drug-likeness (QED) is 0.805. The van der Waals surface area contributed by atoms with Gasteiger partial charge in [0.15, 0.2) is 0 Å². The summed E-state index contributed by atoms with van der Waals surface area (Å²) in [5, 5.41) is 0. The van der Waals surface area contributed by atoms with Gasteiger partial charge >= 0.3 is 0 Å². The van der Waals surface area contributed by atoms with Crippen LogP contribution in [0, 0.1) is 10.5 Å². The number of aromatic nitrogens is 1. The van der Waals surface area contributed by atoms with Crippen LogP contribution in [0.4, 0.5) is 14.5 Å². The Morgan fingerprint density at radius 3 is 2.67 bits per heavy atom. The number of pyridine rings is 1. The van der Waals surface area contributed by atoms with Gasteiger partial charge in [-0.05, 0) is 35.6 Å². The smallest absolute Gasteiger partial charge is 0.282 e. The van der Waals surface area contributed by atoms with E-state index in [-0.39, 0.29) is 11.4 Å². The third-order valence-electron chi connectivity index (χ3n) is 1.37. The van der Waals surface area contributed by atoms with Crippen LogP contribution in [0.1, 0.15) is 17.8 Å². The van der Waals surface area contributed by atoms with Crippen LogP contribution < -0.4 is 5.73 Å². The Balaban J connectivity index is 3.28. The fraction of sp³-hybridized carbons (Fsp3) is 0.286. The first-order valence-corrected chi connectivity index (χ1v) is 4.31. The van der Waals surface area contributed by atoms with Crippen molar-refractivity contribution in [3.8, 4) is 0 Å². The summed E-state index contributed by atoms with van der Waals surface area (Å²) >= 11 is 1.91. The standard InChI is InChI=1S/C7H7F2IN2/c1-3-2-4(10)5(11)6(12-3)7(8)9/h2,7H,11H2,1H3. The van der Waals surface area contributed by atoms with E-state index in [1.807, 2.05) is 22.6 Å². The van der Waals surface area contributed by atoms with Crippen LogP contribution in [0.2, 0.25) is 0 Å². The molecule has 1 aromatic heterocycles. The number of nitrogens with two attached hydrogens (primary N) is 1. The van der Waals surface area contributed by atoms with Gasteiger partial charge in [-0.3, -0.25) is 0 Å². The minimum Gasteiger partial charge on any atom is -0.396 e. The lowest BCUT2D eigenvalue weighted by molar-refractivity contribution is 0.147. The summed E-state index contributed by atoms with van der Waals surface area (Å²) in [5.74, 6) is 0. The van der Waals surface area contributed by atoms with E-state index in [1.165, 1.54) is 0 Å². The van der Waals surface area contributed by atoms with Crippen LogP contribution in [-0.2, 0) is 0 Å². The van der Waals surface area contributed by atoms with E-state index in [9.17, 15) is 8.78 Å². The van der Waals surface area contributed by atoms with E-state index >= 15 is 0 Å². The molecule has 0 unspecified atom stereocenters. The van der Waals surface area contributed by atoms with Crippen molar-refractivity contribution in [2.24, 2.45) is 0 Å². The highest BCUT2D eigenvalue weighted by Crippen LogP contribution is 2.27.